The van der Waals surface area contributed by atoms with E-state index in [4.69, 9.17) is 4.74 Å². The van der Waals surface area contributed by atoms with E-state index in [-0.39, 0.29) is 0 Å². The van der Waals surface area contributed by atoms with E-state index in [2.05, 4.69) is 20.5 Å². The summed E-state index contributed by atoms with van der Waals surface area (Å²) >= 11 is 0. The first-order valence-corrected chi connectivity index (χ1v) is 6.21. The molecule has 3 rings (SSSR count). The predicted molar refractivity (Wildman–Crippen MR) is 73.3 cm³/mol. The van der Waals surface area contributed by atoms with Gasteiger partial charge in [0, 0.05) is 20.3 Å². The number of hydrogen-bond acceptors (Lipinski definition) is 5. The topological polar surface area (TPSA) is 64.3 Å². The first kappa shape index (κ1) is 11.9. The molecule has 0 bridgehead atoms. The zero-order chi connectivity index (χ0) is 13.1. The highest BCUT2D eigenvalue weighted by Gasteiger charge is 2.09. The number of anilines is 1. The molecule has 0 spiro atoms. The van der Waals surface area contributed by atoms with Crippen LogP contribution in [0.3, 0.4) is 0 Å². The summed E-state index contributed by atoms with van der Waals surface area (Å²) < 4.78 is 6.97. The second-order valence-electron chi connectivity index (χ2n) is 4.25. The number of para-hydroxylation sites is 2. The molecule has 1 aromatic carbocycles. The van der Waals surface area contributed by atoms with E-state index in [1.54, 1.807) is 13.4 Å². The lowest BCUT2D eigenvalue weighted by Crippen LogP contribution is -2.08. The minimum atomic E-state index is 0.726. The highest BCUT2D eigenvalue weighted by Crippen LogP contribution is 2.19. The average molecular weight is 257 g/mol. The largest absolute Gasteiger partial charge is 0.385 e. The van der Waals surface area contributed by atoms with Crippen LogP contribution < -0.4 is 5.32 Å². The van der Waals surface area contributed by atoms with Gasteiger partial charge in [0.15, 0.2) is 5.82 Å². The fraction of sp³-hybridized carbons (Fsp3) is 0.308. The van der Waals surface area contributed by atoms with Gasteiger partial charge in [-0.25, -0.2) is 4.98 Å². The molecule has 0 radical (unpaired) electrons. The highest BCUT2D eigenvalue weighted by molar-refractivity contribution is 5.82. The summed E-state index contributed by atoms with van der Waals surface area (Å²) in [6.45, 7) is 1.52. The second-order valence-corrected chi connectivity index (χ2v) is 4.25. The van der Waals surface area contributed by atoms with Gasteiger partial charge in [0.25, 0.3) is 0 Å². The fourth-order valence-electron chi connectivity index (χ4n) is 2.05. The summed E-state index contributed by atoms with van der Waals surface area (Å²) in [6, 6.07) is 7.94. The molecule has 0 atom stereocenters. The quantitative estimate of drug-likeness (QED) is 0.705. The third-order valence-electron chi connectivity index (χ3n) is 2.95. The van der Waals surface area contributed by atoms with E-state index in [0.29, 0.717) is 0 Å². The van der Waals surface area contributed by atoms with Gasteiger partial charge in [-0.1, -0.05) is 12.1 Å². The van der Waals surface area contributed by atoms with Crippen LogP contribution in [0.15, 0.2) is 30.6 Å². The molecule has 19 heavy (non-hydrogen) atoms. The van der Waals surface area contributed by atoms with Gasteiger partial charge in [-0.15, -0.1) is 10.2 Å². The van der Waals surface area contributed by atoms with Crippen molar-refractivity contribution in [2.45, 2.75) is 6.42 Å². The molecule has 0 fully saturated rings. The number of benzene rings is 1. The number of hydrogen-bond donors (Lipinski definition) is 1. The molecule has 98 valence electrons. The van der Waals surface area contributed by atoms with Crippen molar-refractivity contribution in [3.63, 3.8) is 0 Å². The molecule has 0 aliphatic carbocycles. The molecular formula is C13H15N5O. The number of rotatable bonds is 5. The summed E-state index contributed by atoms with van der Waals surface area (Å²) in [6.07, 6.45) is 2.63. The first-order chi connectivity index (χ1) is 9.40. The van der Waals surface area contributed by atoms with Gasteiger partial charge in [-0.05, 0) is 18.6 Å². The third kappa shape index (κ3) is 2.22. The van der Waals surface area contributed by atoms with Crippen LogP contribution in [-0.4, -0.2) is 39.8 Å². The smallest absolute Gasteiger partial charge is 0.203 e. The van der Waals surface area contributed by atoms with E-state index >= 15 is 0 Å². The Morgan fingerprint density at radius 3 is 3.11 bits per heavy atom. The second kappa shape index (κ2) is 5.19. The number of nitrogens with zero attached hydrogens (tertiary/aromatic N) is 4. The van der Waals surface area contributed by atoms with Crippen molar-refractivity contribution in [3.8, 4) is 0 Å². The van der Waals surface area contributed by atoms with Crippen molar-refractivity contribution in [2.75, 3.05) is 25.6 Å². The van der Waals surface area contributed by atoms with Crippen molar-refractivity contribution in [1.29, 1.82) is 0 Å². The number of methoxy groups -OCH3 is 1. The summed E-state index contributed by atoms with van der Waals surface area (Å²) in [5, 5.41) is 11.4. The van der Waals surface area contributed by atoms with Crippen LogP contribution in [-0.2, 0) is 4.74 Å². The standard InChI is InChI=1S/C13H15N5O/c1-19-8-4-7-14-12-13-17-15-9-18(13)11-6-3-2-5-10(11)16-12/h2-3,5-6,9H,4,7-8H2,1H3,(H,14,16). The van der Waals surface area contributed by atoms with E-state index in [1.807, 2.05) is 28.7 Å². The lowest BCUT2D eigenvalue weighted by atomic mass is 10.3. The maximum atomic E-state index is 5.03. The summed E-state index contributed by atoms with van der Waals surface area (Å²) in [5.41, 5.74) is 2.67. The zero-order valence-electron chi connectivity index (χ0n) is 10.7. The maximum Gasteiger partial charge on any atom is 0.203 e. The molecule has 0 unspecified atom stereocenters. The van der Waals surface area contributed by atoms with Crippen LogP contribution in [0.1, 0.15) is 6.42 Å². The Morgan fingerprint density at radius 1 is 1.32 bits per heavy atom. The maximum absolute atomic E-state index is 5.03. The van der Waals surface area contributed by atoms with E-state index < -0.39 is 0 Å². The van der Waals surface area contributed by atoms with Crippen LogP contribution in [0.25, 0.3) is 16.7 Å². The van der Waals surface area contributed by atoms with Crippen molar-refractivity contribution in [1.82, 2.24) is 19.6 Å². The SMILES string of the molecule is COCCCNc1nc2ccccc2n2cnnc12. The first-order valence-electron chi connectivity index (χ1n) is 6.21. The van der Waals surface area contributed by atoms with Gasteiger partial charge in [0.05, 0.1) is 11.0 Å². The lowest BCUT2D eigenvalue weighted by Gasteiger charge is -2.08. The van der Waals surface area contributed by atoms with Crippen molar-refractivity contribution in [3.05, 3.63) is 30.6 Å². The zero-order valence-corrected chi connectivity index (χ0v) is 10.7. The molecule has 2 heterocycles. The minimum Gasteiger partial charge on any atom is -0.385 e. The summed E-state index contributed by atoms with van der Waals surface area (Å²) in [7, 11) is 1.70. The highest BCUT2D eigenvalue weighted by atomic mass is 16.5. The van der Waals surface area contributed by atoms with Gasteiger partial charge >= 0.3 is 0 Å². The van der Waals surface area contributed by atoms with Crippen LogP contribution in [0.5, 0.6) is 0 Å². The molecule has 0 amide bonds. The number of fused-ring (bicyclic) bond motifs is 3. The van der Waals surface area contributed by atoms with Gasteiger partial charge < -0.3 is 10.1 Å². The lowest BCUT2D eigenvalue weighted by molar-refractivity contribution is 0.198. The number of ether oxygens (including phenoxy) is 1. The van der Waals surface area contributed by atoms with Crippen LogP contribution >= 0.6 is 0 Å². The molecule has 0 saturated heterocycles. The van der Waals surface area contributed by atoms with Crippen LogP contribution in [0.4, 0.5) is 5.82 Å². The Hall–Kier alpha value is -2.21. The van der Waals surface area contributed by atoms with Crippen LogP contribution in [0.2, 0.25) is 0 Å². The van der Waals surface area contributed by atoms with E-state index in [0.717, 1.165) is 42.1 Å². The van der Waals surface area contributed by atoms with Gasteiger partial charge in [-0.3, -0.25) is 4.40 Å². The molecule has 6 heteroatoms. The van der Waals surface area contributed by atoms with Crippen molar-refractivity contribution in [2.24, 2.45) is 0 Å². The molecule has 1 N–H and O–H groups in total. The molecule has 0 saturated carbocycles. The summed E-state index contributed by atoms with van der Waals surface area (Å²) in [4.78, 5) is 4.60. The Labute approximate surface area is 110 Å². The normalized spacial score (nSPS) is 11.2. The predicted octanol–water partition coefficient (Wildman–Crippen LogP) is 1.73. The number of aromatic nitrogens is 4. The van der Waals surface area contributed by atoms with E-state index in [1.165, 1.54) is 0 Å². The van der Waals surface area contributed by atoms with Crippen LogP contribution in [0, 0.1) is 0 Å². The Bertz CT molecular complexity index is 694. The van der Waals surface area contributed by atoms with Crippen molar-refractivity contribution < 1.29 is 4.74 Å². The summed E-state index contributed by atoms with van der Waals surface area (Å²) in [5.74, 6) is 0.757. The average Bonchev–Trinajstić information content (AvgIpc) is 2.93. The Balaban J connectivity index is 1.99. The van der Waals surface area contributed by atoms with Gasteiger partial charge in [0.2, 0.25) is 5.65 Å². The molecule has 0 aliphatic heterocycles. The Kier molecular flexibility index (Phi) is 3.24. The monoisotopic (exact) mass is 257 g/mol. The molecule has 0 aliphatic rings. The Morgan fingerprint density at radius 2 is 2.21 bits per heavy atom. The third-order valence-corrected chi connectivity index (χ3v) is 2.95. The minimum absolute atomic E-state index is 0.726. The molecule has 3 aromatic rings. The molecular weight excluding hydrogens is 242 g/mol. The van der Waals surface area contributed by atoms with Gasteiger partial charge in [0.1, 0.15) is 6.33 Å². The van der Waals surface area contributed by atoms with E-state index in [9.17, 15) is 0 Å². The molecule has 2 aromatic heterocycles. The fourth-order valence-corrected chi connectivity index (χ4v) is 2.05. The molecule has 6 nitrogen and oxygen atoms in total. The van der Waals surface area contributed by atoms with Gasteiger partial charge in [-0.2, -0.15) is 0 Å². The number of nitrogens with one attached hydrogen (secondary N) is 1. The van der Waals surface area contributed by atoms with Crippen molar-refractivity contribution >= 4 is 22.5 Å².